The van der Waals surface area contributed by atoms with E-state index < -0.39 is 0 Å². The number of hydrogen-bond donors (Lipinski definition) is 0. The summed E-state index contributed by atoms with van der Waals surface area (Å²) in [6, 6.07) is 11.0. The normalized spacial score (nSPS) is 15.6. The van der Waals surface area contributed by atoms with Gasteiger partial charge in [-0.25, -0.2) is 15.0 Å². The number of imidazole rings is 1. The highest BCUT2D eigenvalue weighted by Crippen LogP contribution is 2.34. The zero-order valence-electron chi connectivity index (χ0n) is 15.4. The van der Waals surface area contributed by atoms with Gasteiger partial charge in [0.2, 0.25) is 0 Å². The molecular formula is C20H25N5. The van der Waals surface area contributed by atoms with Crippen molar-refractivity contribution in [3.63, 3.8) is 0 Å². The van der Waals surface area contributed by atoms with Crippen molar-refractivity contribution in [2.45, 2.75) is 45.6 Å². The maximum absolute atomic E-state index is 4.93. The number of nitrogens with zero attached hydrogens (tertiary/aromatic N) is 5. The van der Waals surface area contributed by atoms with Crippen LogP contribution in [0, 0.1) is 0 Å². The summed E-state index contributed by atoms with van der Waals surface area (Å²) in [5.74, 6) is 2.19. The molecule has 0 atom stereocenters. The number of aromatic nitrogens is 4. The molecular weight excluding hydrogens is 310 g/mol. The van der Waals surface area contributed by atoms with Gasteiger partial charge in [0, 0.05) is 30.3 Å². The summed E-state index contributed by atoms with van der Waals surface area (Å²) in [7, 11) is 0. The van der Waals surface area contributed by atoms with Crippen LogP contribution in [0.25, 0.3) is 11.0 Å². The van der Waals surface area contributed by atoms with E-state index in [9.17, 15) is 0 Å². The molecule has 3 heterocycles. The third kappa shape index (κ3) is 2.77. The van der Waals surface area contributed by atoms with Crippen LogP contribution in [0.2, 0.25) is 0 Å². The highest BCUT2D eigenvalue weighted by atomic mass is 15.3. The van der Waals surface area contributed by atoms with Crippen LogP contribution in [0.5, 0.6) is 0 Å². The third-order valence-corrected chi connectivity index (χ3v) is 4.89. The zero-order chi connectivity index (χ0) is 17.6. The molecule has 3 aromatic rings. The Morgan fingerprint density at radius 3 is 2.60 bits per heavy atom. The number of benzene rings is 1. The molecule has 5 heteroatoms. The molecule has 0 N–H and O–H groups in total. The third-order valence-electron chi connectivity index (χ3n) is 4.89. The standard InChI is InChI=1S/C20H25N5/c1-5-14-10-18(22-13-21-14)24-11-15(12-24)25-17-9-7-6-8-16(17)23-19(25)20(2,3)4/h6-10,13,15H,5,11-12H2,1-4H3. The van der Waals surface area contributed by atoms with E-state index >= 15 is 0 Å². The minimum Gasteiger partial charge on any atom is -0.352 e. The second-order valence-electron chi connectivity index (χ2n) is 7.82. The number of rotatable bonds is 3. The highest BCUT2D eigenvalue weighted by molar-refractivity contribution is 5.76. The molecule has 1 saturated heterocycles. The first-order chi connectivity index (χ1) is 12.0. The Hall–Kier alpha value is -2.43. The average Bonchev–Trinajstić information content (AvgIpc) is 2.94. The summed E-state index contributed by atoms with van der Waals surface area (Å²) in [6.07, 6.45) is 2.61. The van der Waals surface area contributed by atoms with E-state index in [0.717, 1.165) is 42.4 Å². The molecule has 1 aromatic carbocycles. The minimum atomic E-state index is 0.0176. The number of fused-ring (bicyclic) bond motifs is 1. The van der Waals surface area contributed by atoms with Gasteiger partial charge in [-0.2, -0.15) is 0 Å². The van der Waals surface area contributed by atoms with Crippen LogP contribution in [0.3, 0.4) is 0 Å². The highest BCUT2D eigenvalue weighted by Gasteiger charge is 2.34. The predicted molar refractivity (Wildman–Crippen MR) is 101 cm³/mol. The number of hydrogen-bond acceptors (Lipinski definition) is 4. The van der Waals surface area contributed by atoms with Crippen LogP contribution in [0.4, 0.5) is 5.82 Å². The summed E-state index contributed by atoms with van der Waals surface area (Å²) in [5.41, 5.74) is 3.43. The van der Waals surface area contributed by atoms with E-state index in [-0.39, 0.29) is 5.41 Å². The summed E-state index contributed by atoms with van der Waals surface area (Å²) in [6.45, 7) is 10.8. The Morgan fingerprint density at radius 2 is 1.88 bits per heavy atom. The number of anilines is 1. The fraction of sp³-hybridized carbons (Fsp3) is 0.450. The van der Waals surface area contributed by atoms with Crippen LogP contribution in [0.1, 0.15) is 45.3 Å². The monoisotopic (exact) mass is 335 g/mol. The molecule has 25 heavy (non-hydrogen) atoms. The van der Waals surface area contributed by atoms with Crippen molar-refractivity contribution in [2.24, 2.45) is 0 Å². The fourth-order valence-electron chi connectivity index (χ4n) is 3.50. The quantitative estimate of drug-likeness (QED) is 0.731. The van der Waals surface area contributed by atoms with E-state index in [0.29, 0.717) is 6.04 Å². The van der Waals surface area contributed by atoms with Gasteiger partial charge in [-0.15, -0.1) is 0 Å². The van der Waals surface area contributed by atoms with Crippen molar-refractivity contribution in [1.29, 1.82) is 0 Å². The van der Waals surface area contributed by atoms with Crippen molar-refractivity contribution in [1.82, 2.24) is 19.5 Å². The molecule has 5 nitrogen and oxygen atoms in total. The Labute approximate surface area is 148 Å². The SMILES string of the molecule is CCc1cc(N2CC(n3c(C(C)(C)C)nc4ccccc43)C2)ncn1. The molecule has 0 saturated carbocycles. The molecule has 4 rings (SSSR count). The molecule has 0 unspecified atom stereocenters. The first-order valence-corrected chi connectivity index (χ1v) is 9.00. The largest absolute Gasteiger partial charge is 0.352 e. The van der Waals surface area contributed by atoms with Crippen molar-refractivity contribution < 1.29 is 0 Å². The van der Waals surface area contributed by atoms with Crippen molar-refractivity contribution in [3.05, 3.63) is 48.2 Å². The van der Waals surface area contributed by atoms with E-state index in [2.05, 4.69) is 77.5 Å². The van der Waals surface area contributed by atoms with Crippen LogP contribution in [-0.4, -0.2) is 32.6 Å². The lowest BCUT2D eigenvalue weighted by Crippen LogP contribution is -2.49. The first kappa shape index (κ1) is 16.1. The molecule has 0 radical (unpaired) electrons. The summed E-state index contributed by atoms with van der Waals surface area (Å²) >= 11 is 0. The van der Waals surface area contributed by atoms with Gasteiger partial charge >= 0.3 is 0 Å². The van der Waals surface area contributed by atoms with Gasteiger partial charge in [0.1, 0.15) is 18.0 Å². The zero-order valence-corrected chi connectivity index (χ0v) is 15.4. The van der Waals surface area contributed by atoms with Gasteiger partial charge in [-0.1, -0.05) is 39.8 Å². The molecule has 1 aliphatic rings. The Morgan fingerprint density at radius 1 is 1.12 bits per heavy atom. The molecule has 0 aliphatic carbocycles. The lowest BCUT2D eigenvalue weighted by atomic mass is 9.94. The lowest BCUT2D eigenvalue weighted by Gasteiger charge is -2.42. The van der Waals surface area contributed by atoms with E-state index in [1.165, 1.54) is 5.52 Å². The molecule has 2 aromatic heterocycles. The molecule has 0 bridgehead atoms. The summed E-state index contributed by atoms with van der Waals surface area (Å²) < 4.78 is 2.44. The predicted octanol–water partition coefficient (Wildman–Crippen LogP) is 3.75. The van der Waals surface area contributed by atoms with Gasteiger partial charge in [0.05, 0.1) is 17.1 Å². The van der Waals surface area contributed by atoms with Crippen molar-refractivity contribution in [2.75, 3.05) is 18.0 Å². The van der Waals surface area contributed by atoms with E-state index in [4.69, 9.17) is 4.98 Å². The Bertz CT molecular complexity index is 900. The van der Waals surface area contributed by atoms with Crippen molar-refractivity contribution >= 4 is 16.9 Å². The van der Waals surface area contributed by atoms with Crippen LogP contribution in [-0.2, 0) is 11.8 Å². The van der Waals surface area contributed by atoms with E-state index in [1.54, 1.807) is 6.33 Å². The second-order valence-corrected chi connectivity index (χ2v) is 7.82. The van der Waals surface area contributed by atoms with Gasteiger partial charge in [0.25, 0.3) is 0 Å². The Kier molecular flexibility index (Phi) is 3.74. The number of aryl methyl sites for hydroxylation is 1. The van der Waals surface area contributed by atoms with Crippen LogP contribution >= 0.6 is 0 Å². The maximum atomic E-state index is 4.93. The molecule has 1 aliphatic heterocycles. The molecule has 130 valence electrons. The Balaban J connectivity index is 1.65. The number of para-hydroxylation sites is 2. The minimum absolute atomic E-state index is 0.0176. The van der Waals surface area contributed by atoms with Crippen LogP contribution < -0.4 is 4.90 Å². The van der Waals surface area contributed by atoms with Gasteiger partial charge < -0.3 is 9.47 Å². The smallest absolute Gasteiger partial charge is 0.132 e. The lowest BCUT2D eigenvalue weighted by molar-refractivity contribution is 0.371. The van der Waals surface area contributed by atoms with Gasteiger partial charge in [-0.3, -0.25) is 0 Å². The van der Waals surface area contributed by atoms with Gasteiger partial charge in [-0.05, 0) is 18.6 Å². The first-order valence-electron chi connectivity index (χ1n) is 9.00. The molecule has 1 fully saturated rings. The van der Waals surface area contributed by atoms with E-state index in [1.807, 2.05) is 0 Å². The average molecular weight is 335 g/mol. The topological polar surface area (TPSA) is 46.8 Å². The van der Waals surface area contributed by atoms with Crippen LogP contribution in [0.15, 0.2) is 36.7 Å². The second kappa shape index (κ2) is 5.83. The van der Waals surface area contributed by atoms with Crippen molar-refractivity contribution in [3.8, 4) is 0 Å². The van der Waals surface area contributed by atoms with Gasteiger partial charge in [0.15, 0.2) is 0 Å². The summed E-state index contributed by atoms with van der Waals surface area (Å²) in [5, 5.41) is 0. The molecule has 0 amide bonds. The fourth-order valence-corrected chi connectivity index (χ4v) is 3.50. The maximum Gasteiger partial charge on any atom is 0.132 e. The summed E-state index contributed by atoms with van der Waals surface area (Å²) in [4.78, 5) is 16.0. The molecule has 0 spiro atoms.